The molecule has 1 aromatic carbocycles. The fourth-order valence-electron chi connectivity index (χ4n) is 2.77. The molecule has 0 spiro atoms. The van der Waals surface area contributed by atoms with Crippen LogP contribution in [0.4, 0.5) is 0 Å². The second-order valence-electron chi connectivity index (χ2n) is 5.51. The Morgan fingerprint density at radius 2 is 1.85 bits per heavy atom. The van der Waals surface area contributed by atoms with Crippen LogP contribution in [0, 0.1) is 20.8 Å². The Hall–Kier alpha value is -1.71. The summed E-state index contributed by atoms with van der Waals surface area (Å²) in [6, 6.07) is 8.75. The molecule has 1 aromatic heterocycles. The first kappa shape index (κ1) is 14.7. The summed E-state index contributed by atoms with van der Waals surface area (Å²) in [6.45, 7) is 6.48. The lowest BCUT2D eigenvalue weighted by atomic mass is 9.92. The molecule has 0 fully saturated rings. The highest BCUT2D eigenvalue weighted by atomic mass is 15.2. The molecule has 1 unspecified atom stereocenters. The summed E-state index contributed by atoms with van der Waals surface area (Å²) in [4.78, 5) is 4.16. The second-order valence-corrected chi connectivity index (χ2v) is 5.51. The van der Waals surface area contributed by atoms with Gasteiger partial charge in [-0.05, 0) is 61.9 Å². The van der Waals surface area contributed by atoms with Gasteiger partial charge in [0.05, 0.1) is 0 Å². The average molecular weight is 269 g/mol. The molecular weight excluding hydrogens is 246 g/mol. The Labute approximate surface area is 121 Å². The summed E-state index contributed by atoms with van der Waals surface area (Å²) in [5.41, 5.74) is 9.53. The van der Waals surface area contributed by atoms with E-state index in [1.165, 1.54) is 27.8 Å². The van der Waals surface area contributed by atoms with Crippen molar-refractivity contribution in [3.05, 3.63) is 64.5 Å². The minimum absolute atomic E-state index is 0.222. The first-order chi connectivity index (χ1) is 9.60. The Kier molecular flexibility index (Phi) is 4.88. The van der Waals surface area contributed by atoms with Gasteiger partial charge in [-0.25, -0.2) is 0 Å². The lowest BCUT2D eigenvalue weighted by Gasteiger charge is -2.19. The standard InChI is InChI=1S/C17H23N3/c1-12-7-13(2)17(14(3)8-12)10-16(20-18)9-15-5-4-6-19-11-15/h4-8,11,16,20H,9-10,18H2,1-3H3. The number of rotatable bonds is 5. The molecular formula is C17H23N3. The lowest BCUT2D eigenvalue weighted by molar-refractivity contribution is 0.520. The van der Waals surface area contributed by atoms with Gasteiger partial charge in [-0.2, -0.15) is 0 Å². The number of pyridine rings is 1. The van der Waals surface area contributed by atoms with Crippen molar-refractivity contribution >= 4 is 0 Å². The summed E-state index contributed by atoms with van der Waals surface area (Å²) in [7, 11) is 0. The zero-order valence-corrected chi connectivity index (χ0v) is 12.5. The van der Waals surface area contributed by atoms with Gasteiger partial charge in [-0.15, -0.1) is 0 Å². The molecule has 2 rings (SSSR count). The predicted octanol–water partition coefficient (Wildman–Crippen LogP) is 2.62. The fraction of sp³-hybridized carbons (Fsp3) is 0.353. The van der Waals surface area contributed by atoms with Crippen LogP contribution in [0.1, 0.15) is 27.8 Å². The molecule has 0 aliphatic heterocycles. The second kappa shape index (κ2) is 6.64. The highest BCUT2D eigenvalue weighted by Crippen LogP contribution is 2.19. The van der Waals surface area contributed by atoms with Crippen LogP contribution in [-0.2, 0) is 12.8 Å². The van der Waals surface area contributed by atoms with Gasteiger partial charge >= 0.3 is 0 Å². The smallest absolute Gasteiger partial charge is 0.0300 e. The van der Waals surface area contributed by atoms with E-state index in [1.807, 2.05) is 12.3 Å². The molecule has 106 valence electrons. The minimum Gasteiger partial charge on any atom is -0.271 e. The van der Waals surface area contributed by atoms with Crippen molar-refractivity contribution in [3.63, 3.8) is 0 Å². The molecule has 3 nitrogen and oxygen atoms in total. The van der Waals surface area contributed by atoms with E-state index in [9.17, 15) is 0 Å². The van der Waals surface area contributed by atoms with Crippen LogP contribution in [0.5, 0.6) is 0 Å². The van der Waals surface area contributed by atoms with Crippen molar-refractivity contribution in [1.29, 1.82) is 0 Å². The third-order valence-corrected chi connectivity index (χ3v) is 3.73. The van der Waals surface area contributed by atoms with Crippen molar-refractivity contribution in [3.8, 4) is 0 Å². The van der Waals surface area contributed by atoms with E-state index >= 15 is 0 Å². The summed E-state index contributed by atoms with van der Waals surface area (Å²) < 4.78 is 0. The van der Waals surface area contributed by atoms with Gasteiger partial charge in [-0.1, -0.05) is 23.8 Å². The molecule has 0 amide bonds. The van der Waals surface area contributed by atoms with Crippen LogP contribution in [0.15, 0.2) is 36.7 Å². The zero-order chi connectivity index (χ0) is 14.5. The fourth-order valence-corrected chi connectivity index (χ4v) is 2.77. The van der Waals surface area contributed by atoms with Crippen molar-refractivity contribution < 1.29 is 0 Å². The Balaban J connectivity index is 2.15. The highest BCUT2D eigenvalue weighted by Gasteiger charge is 2.12. The van der Waals surface area contributed by atoms with Gasteiger partial charge in [0.15, 0.2) is 0 Å². The summed E-state index contributed by atoms with van der Waals surface area (Å²) >= 11 is 0. The first-order valence-corrected chi connectivity index (χ1v) is 7.02. The van der Waals surface area contributed by atoms with Crippen LogP contribution >= 0.6 is 0 Å². The number of nitrogens with zero attached hydrogens (tertiary/aromatic N) is 1. The molecule has 0 radical (unpaired) electrons. The maximum atomic E-state index is 5.73. The van der Waals surface area contributed by atoms with Gasteiger partial charge in [0.2, 0.25) is 0 Å². The molecule has 0 aliphatic carbocycles. The molecule has 3 N–H and O–H groups in total. The van der Waals surface area contributed by atoms with Gasteiger partial charge < -0.3 is 0 Å². The molecule has 1 heterocycles. The van der Waals surface area contributed by atoms with Gasteiger partial charge in [0, 0.05) is 18.4 Å². The van der Waals surface area contributed by atoms with E-state index in [1.54, 1.807) is 6.20 Å². The molecule has 0 saturated carbocycles. The van der Waals surface area contributed by atoms with E-state index in [-0.39, 0.29) is 6.04 Å². The Morgan fingerprint density at radius 3 is 2.40 bits per heavy atom. The SMILES string of the molecule is Cc1cc(C)c(CC(Cc2cccnc2)NN)c(C)c1. The number of benzene rings is 1. The predicted molar refractivity (Wildman–Crippen MR) is 83.4 cm³/mol. The van der Waals surface area contributed by atoms with Crippen molar-refractivity contribution in [2.75, 3.05) is 0 Å². The van der Waals surface area contributed by atoms with E-state index < -0.39 is 0 Å². The first-order valence-electron chi connectivity index (χ1n) is 7.02. The van der Waals surface area contributed by atoms with Crippen LogP contribution in [0.3, 0.4) is 0 Å². The Morgan fingerprint density at radius 1 is 1.15 bits per heavy atom. The molecule has 0 bridgehead atoms. The normalized spacial score (nSPS) is 12.4. The van der Waals surface area contributed by atoms with E-state index in [4.69, 9.17) is 5.84 Å². The number of nitrogens with one attached hydrogen (secondary N) is 1. The molecule has 2 aromatic rings. The summed E-state index contributed by atoms with van der Waals surface area (Å²) in [6.07, 6.45) is 5.52. The molecule has 20 heavy (non-hydrogen) atoms. The molecule has 0 aliphatic rings. The molecule has 1 atom stereocenters. The number of hydrogen-bond acceptors (Lipinski definition) is 3. The van der Waals surface area contributed by atoms with Crippen LogP contribution in [0.2, 0.25) is 0 Å². The molecule has 3 heteroatoms. The van der Waals surface area contributed by atoms with Gasteiger partial charge in [0.25, 0.3) is 0 Å². The number of aromatic nitrogens is 1. The third-order valence-electron chi connectivity index (χ3n) is 3.73. The molecule has 0 saturated heterocycles. The van der Waals surface area contributed by atoms with Crippen LogP contribution in [0.25, 0.3) is 0 Å². The minimum atomic E-state index is 0.222. The number of hydrogen-bond donors (Lipinski definition) is 2. The maximum absolute atomic E-state index is 5.73. The van der Waals surface area contributed by atoms with Gasteiger partial charge in [-0.3, -0.25) is 16.3 Å². The largest absolute Gasteiger partial charge is 0.271 e. The lowest BCUT2D eigenvalue weighted by Crippen LogP contribution is -2.38. The van der Waals surface area contributed by atoms with E-state index in [0.29, 0.717) is 0 Å². The quantitative estimate of drug-likeness (QED) is 0.648. The Bertz CT molecular complexity index is 541. The van der Waals surface area contributed by atoms with Crippen molar-refractivity contribution in [1.82, 2.24) is 10.4 Å². The number of nitrogens with two attached hydrogens (primary N) is 1. The number of hydrazine groups is 1. The third kappa shape index (κ3) is 3.65. The topological polar surface area (TPSA) is 50.9 Å². The van der Waals surface area contributed by atoms with Crippen molar-refractivity contribution in [2.24, 2.45) is 5.84 Å². The zero-order valence-electron chi connectivity index (χ0n) is 12.5. The van der Waals surface area contributed by atoms with E-state index in [2.05, 4.69) is 49.4 Å². The van der Waals surface area contributed by atoms with E-state index in [0.717, 1.165) is 12.8 Å². The van der Waals surface area contributed by atoms with Crippen molar-refractivity contribution in [2.45, 2.75) is 39.7 Å². The maximum Gasteiger partial charge on any atom is 0.0300 e. The van der Waals surface area contributed by atoms with Crippen LogP contribution < -0.4 is 11.3 Å². The summed E-state index contributed by atoms with van der Waals surface area (Å²) in [5, 5.41) is 0. The number of aryl methyl sites for hydroxylation is 3. The average Bonchev–Trinajstić information content (AvgIpc) is 2.42. The highest BCUT2D eigenvalue weighted by molar-refractivity contribution is 5.38. The van der Waals surface area contributed by atoms with Crippen LogP contribution in [-0.4, -0.2) is 11.0 Å². The van der Waals surface area contributed by atoms with Gasteiger partial charge in [0.1, 0.15) is 0 Å². The summed E-state index contributed by atoms with van der Waals surface area (Å²) in [5.74, 6) is 5.73. The monoisotopic (exact) mass is 269 g/mol.